The molecule has 4 heteroatoms. The standard InChI is InChI=1S/C12H14BrNO2/c1-3-5-10(15)8(2)12(16)9-6-4-7-11(13)14-9/h3-8,12,16H,1-2H3/b5-3+/t8-,12+/m0/s1. The highest BCUT2D eigenvalue weighted by Crippen LogP contribution is 2.22. The molecule has 0 unspecified atom stereocenters. The number of nitrogens with zero attached hydrogens (tertiary/aromatic N) is 1. The lowest BCUT2D eigenvalue weighted by atomic mass is 9.96. The van der Waals surface area contributed by atoms with Crippen molar-refractivity contribution in [1.29, 1.82) is 0 Å². The Morgan fingerprint density at radius 3 is 2.81 bits per heavy atom. The normalized spacial score (nSPS) is 15.0. The molecule has 1 rings (SSSR count). The lowest BCUT2D eigenvalue weighted by molar-refractivity contribution is -0.121. The van der Waals surface area contributed by atoms with E-state index in [1.54, 1.807) is 38.1 Å². The second kappa shape index (κ2) is 5.92. The van der Waals surface area contributed by atoms with Gasteiger partial charge >= 0.3 is 0 Å². The third-order valence-corrected chi connectivity index (χ3v) is 2.73. The van der Waals surface area contributed by atoms with Gasteiger partial charge in [-0.05, 0) is 41.1 Å². The average Bonchev–Trinajstić information content (AvgIpc) is 2.27. The number of halogens is 1. The second-order valence-corrected chi connectivity index (χ2v) is 4.33. The van der Waals surface area contributed by atoms with Crippen molar-refractivity contribution in [1.82, 2.24) is 4.98 Å². The van der Waals surface area contributed by atoms with Gasteiger partial charge in [-0.15, -0.1) is 0 Å². The van der Waals surface area contributed by atoms with Crippen LogP contribution in [-0.4, -0.2) is 15.9 Å². The molecule has 3 nitrogen and oxygen atoms in total. The van der Waals surface area contributed by atoms with E-state index in [2.05, 4.69) is 20.9 Å². The third-order valence-electron chi connectivity index (χ3n) is 2.29. The number of carbonyl (C=O) groups is 1. The molecule has 0 radical (unpaired) electrons. The molecule has 0 aliphatic carbocycles. The summed E-state index contributed by atoms with van der Waals surface area (Å²) >= 11 is 3.23. The summed E-state index contributed by atoms with van der Waals surface area (Å²) in [6.07, 6.45) is 2.26. The van der Waals surface area contributed by atoms with Crippen LogP contribution in [0.1, 0.15) is 25.6 Å². The molecule has 1 aromatic heterocycles. The van der Waals surface area contributed by atoms with E-state index in [0.717, 1.165) is 0 Å². The van der Waals surface area contributed by atoms with Gasteiger partial charge in [0.1, 0.15) is 10.7 Å². The van der Waals surface area contributed by atoms with Gasteiger partial charge in [-0.3, -0.25) is 4.79 Å². The summed E-state index contributed by atoms with van der Waals surface area (Å²) in [6.45, 7) is 3.46. The highest BCUT2D eigenvalue weighted by atomic mass is 79.9. The molecule has 1 heterocycles. The first-order valence-electron chi connectivity index (χ1n) is 5.03. The van der Waals surface area contributed by atoms with Crippen LogP contribution < -0.4 is 0 Å². The summed E-state index contributed by atoms with van der Waals surface area (Å²) in [6, 6.07) is 5.26. The van der Waals surface area contributed by atoms with Gasteiger partial charge in [0.25, 0.3) is 0 Å². The number of hydrogen-bond donors (Lipinski definition) is 1. The molecule has 1 N–H and O–H groups in total. The fourth-order valence-electron chi connectivity index (χ4n) is 1.32. The number of pyridine rings is 1. The first kappa shape index (κ1) is 13.1. The number of carbonyl (C=O) groups excluding carboxylic acids is 1. The zero-order valence-corrected chi connectivity index (χ0v) is 10.8. The van der Waals surface area contributed by atoms with Crippen molar-refractivity contribution in [2.45, 2.75) is 20.0 Å². The molecule has 0 saturated heterocycles. The average molecular weight is 284 g/mol. The smallest absolute Gasteiger partial charge is 0.161 e. The molecule has 0 saturated carbocycles. The summed E-state index contributed by atoms with van der Waals surface area (Å²) in [5.41, 5.74) is 0.500. The van der Waals surface area contributed by atoms with Crippen molar-refractivity contribution in [2.24, 2.45) is 5.92 Å². The van der Waals surface area contributed by atoms with E-state index in [1.807, 2.05) is 0 Å². The summed E-state index contributed by atoms with van der Waals surface area (Å²) in [5.74, 6) is -0.588. The maximum Gasteiger partial charge on any atom is 0.161 e. The number of ketones is 1. The van der Waals surface area contributed by atoms with E-state index in [1.165, 1.54) is 6.08 Å². The van der Waals surface area contributed by atoms with Crippen LogP contribution in [0.3, 0.4) is 0 Å². The van der Waals surface area contributed by atoms with Gasteiger partial charge < -0.3 is 5.11 Å². The molecule has 2 atom stereocenters. The molecule has 0 amide bonds. The Hall–Kier alpha value is -1.000. The Kier molecular flexibility index (Phi) is 4.83. The summed E-state index contributed by atoms with van der Waals surface area (Å²) in [7, 11) is 0. The number of aliphatic hydroxyl groups excluding tert-OH is 1. The molecule has 0 spiro atoms. The molecule has 1 aromatic rings. The maximum atomic E-state index is 11.6. The molecule has 0 bridgehead atoms. The van der Waals surface area contributed by atoms with Gasteiger partial charge in [-0.1, -0.05) is 19.1 Å². The molecule has 0 aliphatic rings. The highest BCUT2D eigenvalue weighted by Gasteiger charge is 2.22. The summed E-state index contributed by atoms with van der Waals surface area (Å²) in [4.78, 5) is 15.7. The van der Waals surface area contributed by atoms with Crippen LogP contribution >= 0.6 is 15.9 Å². The van der Waals surface area contributed by atoms with Crippen molar-refractivity contribution in [3.05, 3.63) is 40.6 Å². The SMILES string of the molecule is C/C=C/C(=O)[C@H](C)[C@@H](O)c1cccc(Br)n1. The zero-order valence-electron chi connectivity index (χ0n) is 9.22. The van der Waals surface area contributed by atoms with Crippen molar-refractivity contribution < 1.29 is 9.90 Å². The molecular formula is C12H14BrNO2. The third kappa shape index (κ3) is 3.25. The first-order valence-corrected chi connectivity index (χ1v) is 5.82. The maximum absolute atomic E-state index is 11.6. The summed E-state index contributed by atoms with van der Waals surface area (Å²) < 4.78 is 0.648. The van der Waals surface area contributed by atoms with Crippen molar-refractivity contribution >= 4 is 21.7 Å². The van der Waals surface area contributed by atoms with Crippen LogP contribution in [0.5, 0.6) is 0 Å². The van der Waals surface area contributed by atoms with Gasteiger partial charge in [-0.25, -0.2) is 4.98 Å². The minimum Gasteiger partial charge on any atom is -0.386 e. The van der Waals surface area contributed by atoms with Crippen LogP contribution in [0, 0.1) is 5.92 Å². The van der Waals surface area contributed by atoms with E-state index >= 15 is 0 Å². The zero-order chi connectivity index (χ0) is 12.1. The van der Waals surface area contributed by atoms with Crippen LogP contribution in [0.15, 0.2) is 35.0 Å². The van der Waals surface area contributed by atoms with Crippen molar-refractivity contribution in [3.8, 4) is 0 Å². The van der Waals surface area contributed by atoms with Crippen molar-refractivity contribution in [3.63, 3.8) is 0 Å². The number of aliphatic hydroxyl groups is 1. The number of hydrogen-bond acceptors (Lipinski definition) is 3. The highest BCUT2D eigenvalue weighted by molar-refractivity contribution is 9.10. The molecule has 0 aliphatic heterocycles. The fourth-order valence-corrected chi connectivity index (χ4v) is 1.67. The lowest BCUT2D eigenvalue weighted by Gasteiger charge is -2.15. The number of aromatic nitrogens is 1. The van der Waals surface area contributed by atoms with Gasteiger partial charge in [0.15, 0.2) is 5.78 Å². The van der Waals surface area contributed by atoms with E-state index in [0.29, 0.717) is 10.3 Å². The van der Waals surface area contributed by atoms with Gasteiger partial charge in [0, 0.05) is 0 Å². The van der Waals surface area contributed by atoms with E-state index < -0.39 is 12.0 Å². The van der Waals surface area contributed by atoms with Gasteiger partial charge in [0.05, 0.1) is 11.6 Å². The van der Waals surface area contributed by atoms with Crippen LogP contribution in [0.25, 0.3) is 0 Å². The van der Waals surface area contributed by atoms with E-state index in [4.69, 9.17) is 0 Å². The van der Waals surface area contributed by atoms with Gasteiger partial charge in [-0.2, -0.15) is 0 Å². The van der Waals surface area contributed by atoms with Crippen molar-refractivity contribution in [2.75, 3.05) is 0 Å². The molecule has 0 aromatic carbocycles. The Morgan fingerprint density at radius 2 is 2.25 bits per heavy atom. The Morgan fingerprint density at radius 1 is 1.56 bits per heavy atom. The van der Waals surface area contributed by atoms with E-state index in [-0.39, 0.29) is 5.78 Å². The molecule has 0 fully saturated rings. The van der Waals surface area contributed by atoms with Crippen LogP contribution in [0.2, 0.25) is 0 Å². The first-order chi connectivity index (χ1) is 7.56. The predicted molar refractivity (Wildman–Crippen MR) is 65.9 cm³/mol. The Balaban J connectivity index is 2.85. The Labute approximate surface area is 103 Å². The molecule has 86 valence electrons. The lowest BCUT2D eigenvalue weighted by Crippen LogP contribution is -2.18. The minimum atomic E-state index is -0.874. The second-order valence-electron chi connectivity index (χ2n) is 3.52. The van der Waals surface area contributed by atoms with Gasteiger partial charge in [0.2, 0.25) is 0 Å². The number of allylic oxidation sites excluding steroid dienone is 2. The largest absolute Gasteiger partial charge is 0.386 e. The Bertz CT molecular complexity index is 404. The van der Waals surface area contributed by atoms with Crippen LogP contribution in [0.4, 0.5) is 0 Å². The molecule has 16 heavy (non-hydrogen) atoms. The molecular weight excluding hydrogens is 270 g/mol. The van der Waals surface area contributed by atoms with E-state index in [9.17, 15) is 9.90 Å². The monoisotopic (exact) mass is 283 g/mol. The van der Waals surface area contributed by atoms with Crippen LogP contribution in [-0.2, 0) is 4.79 Å². The topological polar surface area (TPSA) is 50.2 Å². The predicted octanol–water partition coefficient (Wildman–Crippen LogP) is 2.66. The fraction of sp³-hybridized carbons (Fsp3) is 0.333. The minimum absolute atomic E-state index is 0.100. The summed E-state index contributed by atoms with van der Waals surface area (Å²) in [5, 5.41) is 9.97. The quantitative estimate of drug-likeness (QED) is 0.683. The number of rotatable bonds is 4.